The van der Waals surface area contributed by atoms with Crippen LogP contribution in [0.25, 0.3) is 0 Å². The Morgan fingerprint density at radius 3 is 2.22 bits per heavy atom. The van der Waals surface area contributed by atoms with Gasteiger partial charge in [0.15, 0.2) is 0 Å². The van der Waals surface area contributed by atoms with E-state index in [4.69, 9.17) is 0 Å². The van der Waals surface area contributed by atoms with Gasteiger partial charge in [-0.2, -0.15) is 13.2 Å². The normalized spacial score (nSPS) is 18.3. The van der Waals surface area contributed by atoms with E-state index < -0.39 is 11.7 Å². The number of nitrogens with zero attached hydrogens (tertiary/aromatic N) is 2. The molecule has 0 atom stereocenters. The lowest BCUT2D eigenvalue weighted by Gasteiger charge is -2.31. The van der Waals surface area contributed by atoms with Gasteiger partial charge in [0.2, 0.25) is 11.8 Å². The number of hydrogen-bond acceptors (Lipinski definition) is 3. The Hall–Kier alpha value is -2.25. The van der Waals surface area contributed by atoms with Gasteiger partial charge >= 0.3 is 6.18 Å². The highest BCUT2D eigenvalue weighted by Crippen LogP contribution is 2.36. The fourth-order valence-electron chi connectivity index (χ4n) is 3.39. The number of hydrogen-bond donors (Lipinski definition) is 1. The minimum Gasteiger partial charge on any atom is -0.376 e. The second kappa shape index (κ2) is 7.40. The lowest BCUT2D eigenvalue weighted by atomic mass is 9.95. The Labute approximate surface area is 156 Å². The standard InChI is InChI=1S/C19H24F3N3O2/c1-24(2)16-6-5-14(19(20,21)22)11-15(16)23-17(26)12-7-9-25(10-8-12)18(27)13-3-4-13/h5-6,11-13H,3-4,7-10H2,1-2H3,(H,23,26). The van der Waals surface area contributed by atoms with Gasteiger partial charge in [-0.1, -0.05) is 0 Å². The van der Waals surface area contributed by atoms with Crippen molar-refractivity contribution in [3.05, 3.63) is 23.8 Å². The van der Waals surface area contributed by atoms with E-state index in [1.165, 1.54) is 6.07 Å². The molecule has 0 unspecified atom stereocenters. The van der Waals surface area contributed by atoms with Crippen LogP contribution in [-0.4, -0.2) is 43.9 Å². The zero-order valence-corrected chi connectivity index (χ0v) is 15.5. The van der Waals surface area contributed by atoms with Crippen LogP contribution in [0.3, 0.4) is 0 Å². The molecule has 8 heteroatoms. The van der Waals surface area contributed by atoms with Crippen LogP contribution in [0.1, 0.15) is 31.2 Å². The van der Waals surface area contributed by atoms with Gasteiger partial charge < -0.3 is 15.1 Å². The number of amides is 2. The SMILES string of the molecule is CN(C)c1ccc(C(F)(F)F)cc1NC(=O)C1CCN(C(=O)C2CC2)CC1. The van der Waals surface area contributed by atoms with Gasteiger partial charge in [-0.05, 0) is 43.9 Å². The van der Waals surface area contributed by atoms with Crippen LogP contribution in [0.4, 0.5) is 24.5 Å². The Balaban J connectivity index is 1.67. The highest BCUT2D eigenvalue weighted by Gasteiger charge is 2.36. The molecule has 1 aromatic rings. The van der Waals surface area contributed by atoms with Crippen LogP contribution in [-0.2, 0) is 15.8 Å². The van der Waals surface area contributed by atoms with Crippen molar-refractivity contribution in [1.82, 2.24) is 4.90 Å². The van der Waals surface area contributed by atoms with E-state index >= 15 is 0 Å². The van der Waals surface area contributed by atoms with Crippen molar-refractivity contribution < 1.29 is 22.8 Å². The maximum atomic E-state index is 13.0. The van der Waals surface area contributed by atoms with E-state index in [9.17, 15) is 22.8 Å². The molecule has 0 bridgehead atoms. The molecule has 0 spiro atoms. The molecule has 27 heavy (non-hydrogen) atoms. The largest absolute Gasteiger partial charge is 0.416 e. The quantitative estimate of drug-likeness (QED) is 0.868. The van der Waals surface area contributed by atoms with E-state index in [0.29, 0.717) is 31.6 Å². The van der Waals surface area contributed by atoms with Crippen molar-refractivity contribution in [3.8, 4) is 0 Å². The summed E-state index contributed by atoms with van der Waals surface area (Å²) in [5.74, 6) is -0.279. The van der Waals surface area contributed by atoms with Gasteiger partial charge in [0, 0.05) is 39.0 Å². The number of carbonyl (C=O) groups excluding carboxylic acids is 2. The zero-order valence-electron chi connectivity index (χ0n) is 15.5. The van der Waals surface area contributed by atoms with Gasteiger partial charge in [0.1, 0.15) is 0 Å². The molecule has 0 radical (unpaired) electrons. The van der Waals surface area contributed by atoms with Crippen LogP contribution in [0.2, 0.25) is 0 Å². The Morgan fingerprint density at radius 2 is 1.70 bits per heavy atom. The zero-order chi connectivity index (χ0) is 19.8. The molecule has 2 aliphatic rings. The molecule has 2 amide bonds. The molecule has 1 heterocycles. The number of likely N-dealkylation sites (tertiary alicyclic amines) is 1. The lowest BCUT2D eigenvalue weighted by Crippen LogP contribution is -2.42. The van der Waals surface area contributed by atoms with Crippen molar-refractivity contribution in [2.24, 2.45) is 11.8 Å². The number of rotatable bonds is 4. The smallest absolute Gasteiger partial charge is 0.376 e. The minimum absolute atomic E-state index is 0.149. The highest BCUT2D eigenvalue weighted by atomic mass is 19.4. The summed E-state index contributed by atoms with van der Waals surface area (Å²) in [7, 11) is 3.42. The lowest BCUT2D eigenvalue weighted by molar-refractivity contribution is -0.137. The molecule has 1 aliphatic heterocycles. The van der Waals surface area contributed by atoms with Crippen LogP contribution in [0, 0.1) is 11.8 Å². The minimum atomic E-state index is -4.47. The summed E-state index contributed by atoms with van der Waals surface area (Å²) in [5.41, 5.74) is -0.137. The molecule has 1 N–H and O–H groups in total. The van der Waals surface area contributed by atoms with Crippen molar-refractivity contribution in [2.45, 2.75) is 31.9 Å². The van der Waals surface area contributed by atoms with Crippen LogP contribution in [0.5, 0.6) is 0 Å². The van der Waals surface area contributed by atoms with Crippen LogP contribution >= 0.6 is 0 Å². The topological polar surface area (TPSA) is 52.7 Å². The first-order valence-corrected chi connectivity index (χ1v) is 9.15. The average Bonchev–Trinajstić information content (AvgIpc) is 3.45. The predicted molar refractivity (Wildman–Crippen MR) is 96.4 cm³/mol. The monoisotopic (exact) mass is 383 g/mol. The molecule has 148 valence electrons. The van der Waals surface area contributed by atoms with E-state index in [-0.39, 0.29) is 29.3 Å². The molecule has 1 aromatic carbocycles. The maximum absolute atomic E-state index is 13.0. The Kier molecular flexibility index (Phi) is 5.35. The Bertz CT molecular complexity index is 721. The fraction of sp³-hybridized carbons (Fsp3) is 0.579. The van der Waals surface area contributed by atoms with E-state index in [0.717, 1.165) is 25.0 Å². The molecule has 2 fully saturated rings. The first-order valence-electron chi connectivity index (χ1n) is 9.15. The molecular formula is C19H24F3N3O2. The molecule has 1 saturated carbocycles. The van der Waals surface area contributed by atoms with E-state index in [2.05, 4.69) is 5.32 Å². The summed E-state index contributed by atoms with van der Waals surface area (Å²) in [6.45, 7) is 1.05. The first kappa shape index (κ1) is 19.5. The molecule has 1 aliphatic carbocycles. The number of carbonyl (C=O) groups is 2. The third kappa shape index (κ3) is 4.54. The van der Waals surface area contributed by atoms with Gasteiger partial charge in [-0.3, -0.25) is 9.59 Å². The Morgan fingerprint density at radius 1 is 1.07 bits per heavy atom. The van der Waals surface area contributed by atoms with Crippen molar-refractivity contribution >= 4 is 23.2 Å². The summed E-state index contributed by atoms with van der Waals surface area (Å²) >= 11 is 0. The summed E-state index contributed by atoms with van der Waals surface area (Å²) in [5, 5.41) is 2.67. The average molecular weight is 383 g/mol. The van der Waals surface area contributed by atoms with Crippen LogP contribution in [0.15, 0.2) is 18.2 Å². The predicted octanol–water partition coefficient (Wildman–Crippen LogP) is 3.36. The van der Waals surface area contributed by atoms with Crippen molar-refractivity contribution in [1.29, 1.82) is 0 Å². The summed E-state index contributed by atoms with van der Waals surface area (Å²) in [6, 6.07) is 3.33. The van der Waals surface area contributed by atoms with Crippen molar-refractivity contribution in [2.75, 3.05) is 37.4 Å². The second-order valence-electron chi connectivity index (χ2n) is 7.49. The van der Waals surface area contributed by atoms with Gasteiger partial charge in [0.25, 0.3) is 0 Å². The molecule has 5 nitrogen and oxygen atoms in total. The van der Waals surface area contributed by atoms with Gasteiger partial charge in [0.05, 0.1) is 16.9 Å². The summed E-state index contributed by atoms with van der Waals surface area (Å²) in [6.07, 6.45) is -1.52. The number of benzene rings is 1. The van der Waals surface area contributed by atoms with Crippen molar-refractivity contribution in [3.63, 3.8) is 0 Å². The number of piperidine rings is 1. The first-order chi connectivity index (χ1) is 12.7. The number of alkyl halides is 3. The number of halogens is 3. The molecular weight excluding hydrogens is 359 g/mol. The molecule has 0 aromatic heterocycles. The van der Waals surface area contributed by atoms with Gasteiger partial charge in [-0.25, -0.2) is 0 Å². The number of nitrogens with one attached hydrogen (secondary N) is 1. The van der Waals surface area contributed by atoms with Crippen LogP contribution < -0.4 is 10.2 Å². The van der Waals surface area contributed by atoms with E-state index in [1.807, 2.05) is 0 Å². The fourth-order valence-corrected chi connectivity index (χ4v) is 3.39. The summed E-state index contributed by atoms with van der Waals surface area (Å²) < 4.78 is 39.1. The molecule has 3 rings (SSSR count). The second-order valence-corrected chi connectivity index (χ2v) is 7.49. The van der Waals surface area contributed by atoms with Gasteiger partial charge in [-0.15, -0.1) is 0 Å². The highest BCUT2D eigenvalue weighted by molar-refractivity contribution is 5.96. The summed E-state index contributed by atoms with van der Waals surface area (Å²) in [4.78, 5) is 28.2. The molecule has 1 saturated heterocycles. The van der Waals surface area contributed by atoms with E-state index in [1.54, 1.807) is 23.9 Å². The number of anilines is 2. The maximum Gasteiger partial charge on any atom is 0.416 e. The third-order valence-electron chi connectivity index (χ3n) is 5.17. The third-order valence-corrected chi connectivity index (χ3v) is 5.17.